The molecule has 7 nitrogen and oxygen atoms in total. The van der Waals surface area contributed by atoms with Crippen LogP contribution in [0.3, 0.4) is 0 Å². The molecular weight excluding hydrogens is 782 g/mol. The highest BCUT2D eigenvalue weighted by atomic mass is 35.5. The molecule has 0 saturated carbocycles. The summed E-state index contributed by atoms with van der Waals surface area (Å²) in [6.45, 7) is 14.9. The number of sulfone groups is 1. The van der Waals surface area contributed by atoms with E-state index in [4.69, 9.17) is 11.6 Å². The maximum atomic E-state index is 15.5. The Bertz CT molecular complexity index is 2290. The highest BCUT2D eigenvalue weighted by Gasteiger charge is 2.48. The maximum absolute atomic E-state index is 15.5. The van der Waals surface area contributed by atoms with E-state index in [0.29, 0.717) is 48.2 Å². The van der Waals surface area contributed by atoms with Gasteiger partial charge in [0, 0.05) is 76.5 Å². The molecule has 0 aliphatic carbocycles. The molecule has 1 aromatic heterocycles. The lowest BCUT2D eigenvalue weighted by molar-refractivity contribution is -0.0435. The largest absolute Gasteiger partial charge is 0.501 e. The van der Waals surface area contributed by atoms with Gasteiger partial charge in [-0.1, -0.05) is 30.7 Å². The van der Waals surface area contributed by atoms with Crippen molar-refractivity contribution in [2.45, 2.75) is 75.3 Å². The van der Waals surface area contributed by atoms with Crippen LogP contribution in [-0.4, -0.2) is 50.7 Å². The second-order valence-electron chi connectivity index (χ2n) is 14.4. The number of alkyl halides is 3. The highest BCUT2D eigenvalue weighted by molar-refractivity contribution is 8.00. The van der Waals surface area contributed by atoms with Gasteiger partial charge in [-0.25, -0.2) is 12.8 Å². The lowest BCUT2D eigenvalue weighted by Gasteiger charge is -2.37. The van der Waals surface area contributed by atoms with Crippen LogP contribution in [-0.2, 0) is 9.84 Å². The number of aromatic nitrogens is 1. The summed E-state index contributed by atoms with van der Waals surface area (Å²) in [4.78, 5) is 3.96. The fourth-order valence-electron chi connectivity index (χ4n) is 7.10. The first-order valence-electron chi connectivity index (χ1n) is 18.5. The van der Waals surface area contributed by atoms with E-state index in [9.17, 15) is 21.6 Å². The molecule has 1 aliphatic heterocycles. The normalized spacial score (nSPS) is 14.4. The number of hydrogen-bond acceptors (Lipinski definition) is 7. The Morgan fingerprint density at radius 1 is 0.821 bits per heavy atom. The maximum Gasteiger partial charge on any atom is 0.501 e. The standard InChI is InChI=1S/C42H46ClF4N5O2S2/c1-7-27(4)48-38-17-16-37(25-39(38)56(53,54)42(45,46)47)55-49-34-12-14-35(15-13-34)50-18-20-51(21-19-50)36-23-31(22-33(44)24-36)40-28(5)29(6)52(26(2)3)41(40)30-8-10-32(43)11-9-30/h8-17,22-27,48-49H,7,18-21H2,1-6H3/t27-/m1/s1. The van der Waals surface area contributed by atoms with Gasteiger partial charge in [-0.3, -0.25) is 0 Å². The first kappa shape index (κ1) is 41.3. The van der Waals surface area contributed by atoms with E-state index in [-0.39, 0.29) is 23.6 Å². The van der Waals surface area contributed by atoms with E-state index in [2.05, 4.69) is 58.2 Å². The number of anilines is 4. The first-order valence-corrected chi connectivity index (χ1v) is 21.2. The van der Waals surface area contributed by atoms with Crippen LogP contribution in [0.25, 0.3) is 22.4 Å². The van der Waals surface area contributed by atoms with E-state index in [1.807, 2.05) is 55.5 Å². The van der Waals surface area contributed by atoms with Gasteiger partial charge >= 0.3 is 5.51 Å². The second kappa shape index (κ2) is 16.6. The number of nitrogens with one attached hydrogen (secondary N) is 2. The van der Waals surface area contributed by atoms with Crippen molar-refractivity contribution < 1.29 is 26.0 Å². The van der Waals surface area contributed by atoms with Crippen LogP contribution < -0.4 is 19.8 Å². The average molecular weight is 828 g/mol. The van der Waals surface area contributed by atoms with Crippen molar-refractivity contribution in [3.8, 4) is 22.4 Å². The third kappa shape index (κ3) is 8.64. The quantitative estimate of drug-likeness (QED) is 0.0959. The molecule has 1 aliphatic rings. The van der Waals surface area contributed by atoms with Gasteiger partial charge in [0.05, 0.1) is 11.4 Å². The summed E-state index contributed by atoms with van der Waals surface area (Å²) in [5.74, 6) is -0.297. The van der Waals surface area contributed by atoms with Gasteiger partial charge in [-0.2, -0.15) is 13.2 Å². The average Bonchev–Trinajstić information content (AvgIpc) is 3.43. The van der Waals surface area contributed by atoms with Gasteiger partial charge in [-0.05, 0) is 142 Å². The Labute approximate surface area is 336 Å². The Morgan fingerprint density at radius 2 is 1.45 bits per heavy atom. The fourth-order valence-corrected chi connectivity index (χ4v) is 8.93. The van der Waals surface area contributed by atoms with E-state index in [0.717, 1.165) is 63.0 Å². The molecule has 0 spiro atoms. The summed E-state index contributed by atoms with van der Waals surface area (Å²) < 4.78 is 86.4. The lowest BCUT2D eigenvalue weighted by atomic mass is 9.96. The zero-order valence-corrected chi connectivity index (χ0v) is 34.5. The first-order chi connectivity index (χ1) is 26.5. The van der Waals surface area contributed by atoms with Gasteiger partial charge in [0.25, 0.3) is 9.84 Å². The molecule has 1 atom stereocenters. The van der Waals surface area contributed by atoms with Crippen LogP contribution in [0, 0.1) is 19.7 Å². The highest BCUT2D eigenvalue weighted by Crippen LogP contribution is 2.43. The minimum atomic E-state index is -5.58. The molecule has 1 fully saturated rings. The van der Waals surface area contributed by atoms with Gasteiger partial charge in [0.15, 0.2) is 0 Å². The monoisotopic (exact) mass is 827 g/mol. The molecule has 5 aromatic rings. The molecule has 2 N–H and O–H groups in total. The topological polar surface area (TPSA) is 69.6 Å². The Hall–Kier alpha value is -4.33. The predicted octanol–water partition coefficient (Wildman–Crippen LogP) is 11.8. The fraction of sp³-hybridized carbons (Fsp3) is 0.333. The molecule has 0 amide bonds. The van der Waals surface area contributed by atoms with E-state index in [1.54, 1.807) is 25.1 Å². The molecule has 2 heterocycles. The second-order valence-corrected chi connectivity index (χ2v) is 17.6. The summed E-state index contributed by atoms with van der Waals surface area (Å²) in [5, 5.41) is 3.53. The van der Waals surface area contributed by atoms with Gasteiger partial charge in [0.1, 0.15) is 10.7 Å². The van der Waals surface area contributed by atoms with Crippen LogP contribution in [0.2, 0.25) is 5.02 Å². The van der Waals surface area contributed by atoms with Gasteiger partial charge in [0.2, 0.25) is 0 Å². The SMILES string of the molecule is CC[C@@H](C)Nc1ccc(SNc2ccc(N3CCN(c4cc(F)cc(-c5c(C)c(C)n(C(C)C)c5-c5ccc(Cl)cc5)c4)CC3)cc2)cc1S(=O)(=O)C(F)(F)F. The number of halogens is 5. The molecule has 56 heavy (non-hydrogen) atoms. The van der Waals surface area contributed by atoms with Crippen molar-refractivity contribution >= 4 is 56.1 Å². The molecule has 1 saturated heterocycles. The summed E-state index contributed by atoms with van der Waals surface area (Å²) in [6, 6.07) is 24.7. The van der Waals surface area contributed by atoms with Crippen molar-refractivity contribution in [1.82, 2.24) is 4.57 Å². The van der Waals surface area contributed by atoms with E-state index >= 15 is 4.39 Å². The van der Waals surface area contributed by atoms with Crippen molar-refractivity contribution in [3.63, 3.8) is 0 Å². The summed E-state index contributed by atoms with van der Waals surface area (Å²) in [7, 11) is -5.58. The smallest absolute Gasteiger partial charge is 0.382 e. The molecule has 298 valence electrons. The van der Waals surface area contributed by atoms with Crippen LogP contribution in [0.5, 0.6) is 0 Å². The van der Waals surface area contributed by atoms with Crippen LogP contribution >= 0.6 is 23.5 Å². The van der Waals surface area contributed by atoms with Crippen molar-refractivity contribution in [3.05, 3.63) is 107 Å². The molecule has 6 rings (SSSR count). The third-order valence-corrected chi connectivity index (χ3v) is 12.9. The molecule has 4 aromatic carbocycles. The summed E-state index contributed by atoms with van der Waals surface area (Å²) in [6.07, 6.45) is 0.601. The van der Waals surface area contributed by atoms with Crippen molar-refractivity contribution in [2.24, 2.45) is 0 Å². The number of benzene rings is 4. The van der Waals surface area contributed by atoms with Crippen molar-refractivity contribution in [2.75, 3.05) is 46.0 Å². The Morgan fingerprint density at radius 3 is 2.04 bits per heavy atom. The lowest BCUT2D eigenvalue weighted by Crippen LogP contribution is -2.46. The number of rotatable bonds is 12. The number of piperazine rings is 1. The summed E-state index contributed by atoms with van der Waals surface area (Å²) >= 11 is 7.27. The number of nitrogens with zero attached hydrogens (tertiary/aromatic N) is 3. The number of hydrogen-bond donors (Lipinski definition) is 2. The minimum absolute atomic E-state index is 0.0851. The molecule has 0 radical (unpaired) electrons. The molecule has 0 unspecified atom stereocenters. The van der Waals surface area contributed by atoms with E-state index < -0.39 is 20.2 Å². The predicted molar refractivity (Wildman–Crippen MR) is 224 cm³/mol. The Balaban J connectivity index is 1.15. The Kier molecular flexibility index (Phi) is 12.3. The zero-order valence-electron chi connectivity index (χ0n) is 32.1. The van der Waals surface area contributed by atoms with E-state index in [1.165, 1.54) is 6.07 Å². The molecular formula is C42H46ClF4N5O2S2. The minimum Gasteiger partial charge on any atom is -0.382 e. The van der Waals surface area contributed by atoms with Crippen LogP contribution in [0.1, 0.15) is 51.4 Å². The van der Waals surface area contributed by atoms with Gasteiger partial charge in [-0.15, -0.1) is 0 Å². The molecule has 0 bridgehead atoms. The van der Waals surface area contributed by atoms with Crippen LogP contribution in [0.4, 0.5) is 40.3 Å². The molecule has 14 heteroatoms. The van der Waals surface area contributed by atoms with Gasteiger partial charge < -0.3 is 24.4 Å². The summed E-state index contributed by atoms with van der Waals surface area (Å²) in [5.41, 5.74) is 3.12. The zero-order chi connectivity index (χ0) is 40.5. The third-order valence-electron chi connectivity index (χ3n) is 10.3. The van der Waals surface area contributed by atoms with Crippen LogP contribution in [0.15, 0.2) is 94.7 Å². The van der Waals surface area contributed by atoms with Crippen molar-refractivity contribution in [1.29, 1.82) is 0 Å².